The summed E-state index contributed by atoms with van der Waals surface area (Å²) in [7, 11) is 0. The third-order valence-corrected chi connectivity index (χ3v) is 1.26. The van der Waals surface area contributed by atoms with Gasteiger partial charge in [-0.15, -0.1) is 0 Å². The Bertz CT molecular complexity index is 143. The highest BCUT2D eigenvalue weighted by atomic mass is 13.9. The van der Waals surface area contributed by atoms with E-state index in [0.717, 1.165) is 6.42 Å². The zero-order chi connectivity index (χ0) is 14.7. The van der Waals surface area contributed by atoms with Gasteiger partial charge in [0.05, 0.1) is 0 Å². The highest BCUT2D eigenvalue weighted by Gasteiger charge is 1.78. The minimum atomic E-state index is 0. The lowest BCUT2D eigenvalue weighted by Gasteiger charge is -1.89. The quantitative estimate of drug-likeness (QED) is 0.443. The van der Waals surface area contributed by atoms with Crippen LogP contribution in [0.4, 0.5) is 0 Å². The summed E-state index contributed by atoms with van der Waals surface area (Å²) in [4.78, 5) is 0. The molecule has 0 radical (unpaired) electrons. The summed E-state index contributed by atoms with van der Waals surface area (Å²) in [6.45, 7) is 21.0. The van der Waals surface area contributed by atoms with E-state index in [0.29, 0.717) is 0 Å². The van der Waals surface area contributed by atoms with Crippen molar-refractivity contribution in [1.29, 1.82) is 0 Å². The molecular weight excluding hydrogens is 216 g/mol. The lowest BCUT2D eigenvalue weighted by atomic mass is 10.2. The molecule has 0 aromatic heterocycles. The smallest absolute Gasteiger partial charge is 0.0349 e. The van der Waals surface area contributed by atoms with Crippen LogP contribution in [0, 0.1) is 0 Å². The van der Waals surface area contributed by atoms with Gasteiger partial charge in [0.2, 0.25) is 0 Å². The van der Waals surface area contributed by atoms with E-state index in [4.69, 9.17) is 0 Å². The molecule has 0 N–H and O–H groups in total. The second-order valence-corrected chi connectivity index (χ2v) is 4.02. The molecule has 0 saturated heterocycles. The van der Waals surface area contributed by atoms with Gasteiger partial charge < -0.3 is 0 Å². The van der Waals surface area contributed by atoms with Crippen molar-refractivity contribution in [2.75, 3.05) is 0 Å². The van der Waals surface area contributed by atoms with Crippen LogP contribution >= 0.6 is 0 Å². The molecule has 0 spiro atoms. The van der Waals surface area contributed by atoms with Crippen molar-refractivity contribution in [2.24, 2.45) is 0 Å². The first-order valence-corrected chi connectivity index (χ1v) is 7.30. The molecule has 0 saturated carbocycles. The number of hydrogen-bond donors (Lipinski definition) is 0. The van der Waals surface area contributed by atoms with Crippen LogP contribution in [0.25, 0.3) is 0 Å². The SMILES string of the molecule is C.CC.CC/C(C)=C\C=C(C)C.CCC.CCC. The number of allylic oxidation sites excluding steroid dienone is 4. The summed E-state index contributed by atoms with van der Waals surface area (Å²) in [5.74, 6) is 0. The van der Waals surface area contributed by atoms with Crippen LogP contribution in [0.2, 0.25) is 0 Å². The first-order chi connectivity index (χ1) is 7.99. The van der Waals surface area contributed by atoms with E-state index in [1.165, 1.54) is 24.0 Å². The van der Waals surface area contributed by atoms with Gasteiger partial charge in [0, 0.05) is 0 Å². The van der Waals surface area contributed by atoms with E-state index in [-0.39, 0.29) is 7.43 Å². The third-order valence-electron chi connectivity index (χ3n) is 1.26. The van der Waals surface area contributed by atoms with Gasteiger partial charge in [-0.05, 0) is 27.2 Å². The summed E-state index contributed by atoms with van der Waals surface area (Å²) in [6, 6.07) is 0. The fourth-order valence-corrected chi connectivity index (χ4v) is 0.427. The van der Waals surface area contributed by atoms with Gasteiger partial charge in [0.15, 0.2) is 0 Å². The molecule has 0 atom stereocenters. The van der Waals surface area contributed by atoms with Gasteiger partial charge in [0.25, 0.3) is 0 Å². The van der Waals surface area contributed by atoms with Gasteiger partial charge in [-0.2, -0.15) is 0 Å². The molecule has 0 amide bonds. The predicted octanol–water partition coefficient (Wildman–Crippen LogP) is 7.80. The Balaban J connectivity index is -0.0000000528. The maximum Gasteiger partial charge on any atom is -0.0349 e. The number of rotatable bonds is 2. The lowest BCUT2D eigenvalue weighted by Crippen LogP contribution is -1.68. The molecule has 0 aliphatic rings. The Morgan fingerprint density at radius 1 is 0.722 bits per heavy atom. The normalized spacial score (nSPS) is 8.00. The minimum Gasteiger partial charge on any atom is -0.0776 e. The fraction of sp³-hybridized carbons (Fsp3) is 0.778. The van der Waals surface area contributed by atoms with Crippen LogP contribution in [-0.4, -0.2) is 0 Å². The van der Waals surface area contributed by atoms with Crippen LogP contribution in [0.1, 0.15) is 95.9 Å². The van der Waals surface area contributed by atoms with Gasteiger partial charge in [-0.1, -0.05) is 92.0 Å². The van der Waals surface area contributed by atoms with E-state index >= 15 is 0 Å². The number of hydrogen-bond acceptors (Lipinski definition) is 0. The van der Waals surface area contributed by atoms with E-state index in [1.807, 2.05) is 13.8 Å². The maximum atomic E-state index is 2.18. The van der Waals surface area contributed by atoms with Crippen molar-refractivity contribution in [3.05, 3.63) is 23.3 Å². The van der Waals surface area contributed by atoms with Crippen molar-refractivity contribution in [3.63, 3.8) is 0 Å². The van der Waals surface area contributed by atoms with E-state index in [1.54, 1.807) is 0 Å². The first-order valence-electron chi connectivity index (χ1n) is 7.30. The van der Waals surface area contributed by atoms with Crippen molar-refractivity contribution in [2.45, 2.75) is 95.9 Å². The molecule has 0 nitrogen and oxygen atoms in total. The van der Waals surface area contributed by atoms with Crippen molar-refractivity contribution >= 4 is 0 Å². The van der Waals surface area contributed by atoms with E-state index < -0.39 is 0 Å². The molecule has 18 heavy (non-hydrogen) atoms. The van der Waals surface area contributed by atoms with Crippen LogP contribution in [0.15, 0.2) is 23.3 Å². The molecule has 114 valence electrons. The average molecular weight is 259 g/mol. The summed E-state index contributed by atoms with van der Waals surface area (Å²) in [5.41, 5.74) is 2.80. The summed E-state index contributed by atoms with van der Waals surface area (Å²) in [5, 5.41) is 0. The van der Waals surface area contributed by atoms with E-state index in [9.17, 15) is 0 Å². The van der Waals surface area contributed by atoms with Crippen molar-refractivity contribution in [3.8, 4) is 0 Å². The van der Waals surface area contributed by atoms with Gasteiger partial charge in [-0.25, -0.2) is 0 Å². The van der Waals surface area contributed by atoms with Crippen LogP contribution in [0.3, 0.4) is 0 Å². The third kappa shape index (κ3) is 77.3. The Morgan fingerprint density at radius 3 is 1.17 bits per heavy atom. The Kier molecular flexibility index (Phi) is 60.9. The van der Waals surface area contributed by atoms with Gasteiger partial charge in [-0.3, -0.25) is 0 Å². The molecule has 0 fully saturated rings. The molecule has 0 bridgehead atoms. The van der Waals surface area contributed by atoms with Crippen molar-refractivity contribution in [1.82, 2.24) is 0 Å². The summed E-state index contributed by atoms with van der Waals surface area (Å²) >= 11 is 0. The average Bonchev–Trinajstić information content (AvgIpc) is 2.30. The molecule has 0 rings (SSSR count). The van der Waals surface area contributed by atoms with Gasteiger partial charge >= 0.3 is 0 Å². The molecule has 0 aliphatic heterocycles. The largest absolute Gasteiger partial charge is 0.0776 e. The second kappa shape index (κ2) is 36.0. The molecule has 0 aromatic rings. The Labute approximate surface area is 120 Å². The second-order valence-electron chi connectivity index (χ2n) is 4.02. The standard InChI is InChI=1S/C9H16.2C3H8.C2H6.CH4/c1-5-9(4)7-6-8(2)3;2*1-3-2;1-2;/h6-7H,5H2,1-4H3;2*3H2,1-2H3;1-2H3;1H4/b9-7-;;;;. The minimum absolute atomic E-state index is 0. The molecular formula is C18H42. The topological polar surface area (TPSA) is 0 Å². The predicted molar refractivity (Wildman–Crippen MR) is 93.5 cm³/mol. The molecule has 0 aliphatic carbocycles. The van der Waals surface area contributed by atoms with Crippen molar-refractivity contribution < 1.29 is 0 Å². The maximum absolute atomic E-state index is 2.18. The molecule has 0 unspecified atom stereocenters. The molecule has 0 heteroatoms. The zero-order valence-electron chi connectivity index (χ0n) is 14.3. The van der Waals surface area contributed by atoms with Crippen LogP contribution < -0.4 is 0 Å². The summed E-state index contributed by atoms with van der Waals surface area (Å²) in [6.07, 6.45) is 7.98. The highest BCUT2D eigenvalue weighted by molar-refractivity contribution is 5.13. The zero-order valence-corrected chi connectivity index (χ0v) is 14.3. The molecule has 0 aromatic carbocycles. The summed E-state index contributed by atoms with van der Waals surface area (Å²) < 4.78 is 0. The monoisotopic (exact) mass is 258 g/mol. The fourth-order valence-electron chi connectivity index (χ4n) is 0.427. The first kappa shape index (κ1) is 30.5. The highest BCUT2D eigenvalue weighted by Crippen LogP contribution is 1.99. The Morgan fingerprint density at radius 2 is 1.00 bits per heavy atom. The Hall–Kier alpha value is -0.520. The van der Waals surface area contributed by atoms with Crippen LogP contribution in [0.5, 0.6) is 0 Å². The molecule has 0 heterocycles. The van der Waals surface area contributed by atoms with E-state index in [2.05, 4.69) is 67.5 Å². The lowest BCUT2D eigenvalue weighted by molar-refractivity contribution is 1.09. The van der Waals surface area contributed by atoms with Crippen LogP contribution in [-0.2, 0) is 0 Å². The van der Waals surface area contributed by atoms with Gasteiger partial charge in [0.1, 0.15) is 0 Å².